The molecule has 1 atom stereocenters. The summed E-state index contributed by atoms with van der Waals surface area (Å²) in [6.45, 7) is 5.92. The van der Waals surface area contributed by atoms with Gasteiger partial charge >= 0.3 is 0 Å². The lowest BCUT2D eigenvalue weighted by atomic mass is 10.0. The summed E-state index contributed by atoms with van der Waals surface area (Å²) >= 11 is 0. The van der Waals surface area contributed by atoms with Crippen molar-refractivity contribution in [3.05, 3.63) is 35.4 Å². The summed E-state index contributed by atoms with van der Waals surface area (Å²) in [5, 5.41) is 3.46. The van der Waals surface area contributed by atoms with E-state index in [9.17, 15) is 0 Å². The Hall–Kier alpha value is -0.860. The molecule has 1 aliphatic heterocycles. The van der Waals surface area contributed by atoms with Crippen LogP contribution in [0.2, 0.25) is 0 Å². The fourth-order valence-electron chi connectivity index (χ4n) is 2.79. The molecule has 2 rings (SSSR count). The van der Waals surface area contributed by atoms with Crippen molar-refractivity contribution in [1.29, 1.82) is 0 Å². The largest absolute Gasteiger partial charge is 0.312 e. The van der Waals surface area contributed by atoms with Gasteiger partial charge in [-0.3, -0.25) is 0 Å². The highest BCUT2D eigenvalue weighted by atomic mass is 15.2. The van der Waals surface area contributed by atoms with Crippen LogP contribution in [0.25, 0.3) is 0 Å². The van der Waals surface area contributed by atoms with Crippen LogP contribution in [0.4, 0.5) is 0 Å². The summed E-state index contributed by atoms with van der Waals surface area (Å²) in [7, 11) is 2.07. The van der Waals surface area contributed by atoms with E-state index in [1.54, 1.807) is 0 Å². The smallest absolute Gasteiger partial charge is 0.0446 e. The van der Waals surface area contributed by atoms with Gasteiger partial charge in [0.1, 0.15) is 0 Å². The molecule has 1 fully saturated rings. The molecule has 0 spiro atoms. The summed E-state index contributed by atoms with van der Waals surface area (Å²) in [6, 6.07) is 9.63. The minimum absolute atomic E-state index is 0.471. The Labute approximate surface area is 111 Å². The first-order valence-corrected chi connectivity index (χ1v) is 7.32. The molecule has 100 valence electrons. The van der Waals surface area contributed by atoms with Crippen LogP contribution in [-0.4, -0.2) is 31.6 Å². The zero-order chi connectivity index (χ0) is 12.8. The van der Waals surface area contributed by atoms with E-state index >= 15 is 0 Å². The van der Waals surface area contributed by atoms with Gasteiger partial charge in [0.25, 0.3) is 0 Å². The van der Waals surface area contributed by atoms with Gasteiger partial charge in [-0.1, -0.05) is 37.6 Å². The highest BCUT2D eigenvalue weighted by molar-refractivity contribution is 5.25. The second-order valence-corrected chi connectivity index (χ2v) is 5.34. The lowest BCUT2D eigenvalue weighted by molar-refractivity contribution is 0.299. The second kappa shape index (κ2) is 6.91. The summed E-state index contributed by atoms with van der Waals surface area (Å²) in [5.41, 5.74) is 2.88. The molecule has 18 heavy (non-hydrogen) atoms. The lowest BCUT2D eigenvalue weighted by Crippen LogP contribution is -2.31. The first-order chi connectivity index (χ1) is 8.83. The monoisotopic (exact) mass is 246 g/mol. The van der Waals surface area contributed by atoms with E-state index in [0.717, 1.165) is 6.54 Å². The minimum Gasteiger partial charge on any atom is -0.312 e. The third-order valence-electron chi connectivity index (χ3n) is 3.91. The van der Waals surface area contributed by atoms with Crippen molar-refractivity contribution in [2.45, 2.75) is 38.6 Å². The van der Waals surface area contributed by atoms with Gasteiger partial charge in [0.2, 0.25) is 0 Å². The normalized spacial score (nSPS) is 18.1. The lowest BCUT2D eigenvalue weighted by Gasteiger charge is -2.23. The van der Waals surface area contributed by atoms with Gasteiger partial charge in [0.05, 0.1) is 0 Å². The number of rotatable bonds is 6. The Morgan fingerprint density at radius 3 is 2.39 bits per heavy atom. The molecular formula is C16H26N2. The van der Waals surface area contributed by atoms with Crippen molar-refractivity contribution >= 4 is 0 Å². The zero-order valence-electron chi connectivity index (χ0n) is 11.8. The van der Waals surface area contributed by atoms with Gasteiger partial charge in [-0.15, -0.1) is 0 Å². The Kier molecular flexibility index (Phi) is 5.21. The van der Waals surface area contributed by atoms with Gasteiger partial charge in [-0.25, -0.2) is 0 Å². The molecule has 1 aromatic rings. The SMILES string of the molecule is CCCc1ccc(C(CN2CCCC2)NC)cc1. The molecule has 0 aromatic heterocycles. The van der Waals surface area contributed by atoms with Gasteiger partial charge < -0.3 is 10.2 Å². The first-order valence-electron chi connectivity index (χ1n) is 7.32. The predicted octanol–water partition coefficient (Wildman–Crippen LogP) is 3.00. The molecule has 0 saturated carbocycles. The van der Waals surface area contributed by atoms with Crippen LogP contribution >= 0.6 is 0 Å². The van der Waals surface area contributed by atoms with Crippen molar-refractivity contribution in [2.24, 2.45) is 0 Å². The van der Waals surface area contributed by atoms with Crippen LogP contribution in [-0.2, 0) is 6.42 Å². The highest BCUT2D eigenvalue weighted by Crippen LogP contribution is 2.18. The molecule has 2 nitrogen and oxygen atoms in total. The first kappa shape index (κ1) is 13.6. The van der Waals surface area contributed by atoms with E-state index in [4.69, 9.17) is 0 Å². The number of likely N-dealkylation sites (tertiary alicyclic amines) is 1. The van der Waals surface area contributed by atoms with Crippen LogP contribution in [0.15, 0.2) is 24.3 Å². The highest BCUT2D eigenvalue weighted by Gasteiger charge is 2.17. The summed E-state index contributed by atoms with van der Waals surface area (Å²) in [6.07, 6.45) is 5.15. The zero-order valence-corrected chi connectivity index (χ0v) is 11.8. The third-order valence-corrected chi connectivity index (χ3v) is 3.91. The van der Waals surface area contributed by atoms with E-state index in [-0.39, 0.29) is 0 Å². The fourth-order valence-corrected chi connectivity index (χ4v) is 2.79. The number of nitrogens with one attached hydrogen (secondary N) is 1. The molecule has 1 unspecified atom stereocenters. The Morgan fingerprint density at radius 2 is 1.83 bits per heavy atom. The number of hydrogen-bond acceptors (Lipinski definition) is 2. The molecule has 1 N–H and O–H groups in total. The molecule has 2 heteroatoms. The van der Waals surface area contributed by atoms with E-state index in [1.807, 2.05) is 0 Å². The van der Waals surface area contributed by atoms with Gasteiger partial charge in [0, 0.05) is 12.6 Å². The topological polar surface area (TPSA) is 15.3 Å². The van der Waals surface area contributed by atoms with E-state index in [1.165, 1.54) is 49.9 Å². The summed E-state index contributed by atoms with van der Waals surface area (Å²) in [5.74, 6) is 0. The van der Waals surface area contributed by atoms with Crippen LogP contribution in [0.1, 0.15) is 43.4 Å². The van der Waals surface area contributed by atoms with Crippen molar-refractivity contribution < 1.29 is 0 Å². The molecule has 1 aliphatic rings. The molecule has 1 heterocycles. The van der Waals surface area contributed by atoms with Crippen LogP contribution < -0.4 is 5.32 Å². The van der Waals surface area contributed by atoms with Crippen molar-refractivity contribution in [3.63, 3.8) is 0 Å². The van der Waals surface area contributed by atoms with E-state index in [0.29, 0.717) is 6.04 Å². The fraction of sp³-hybridized carbons (Fsp3) is 0.625. The number of aryl methyl sites for hydroxylation is 1. The van der Waals surface area contributed by atoms with E-state index < -0.39 is 0 Å². The number of likely N-dealkylation sites (N-methyl/N-ethyl adjacent to an activating group) is 1. The maximum absolute atomic E-state index is 3.46. The predicted molar refractivity (Wildman–Crippen MR) is 77.9 cm³/mol. The molecular weight excluding hydrogens is 220 g/mol. The molecule has 0 amide bonds. The Morgan fingerprint density at radius 1 is 1.17 bits per heavy atom. The van der Waals surface area contributed by atoms with Crippen molar-refractivity contribution in [1.82, 2.24) is 10.2 Å². The summed E-state index contributed by atoms with van der Waals surface area (Å²) in [4.78, 5) is 2.57. The van der Waals surface area contributed by atoms with Crippen molar-refractivity contribution in [3.8, 4) is 0 Å². The molecule has 0 aliphatic carbocycles. The van der Waals surface area contributed by atoms with Crippen molar-refractivity contribution in [2.75, 3.05) is 26.7 Å². The molecule has 0 bridgehead atoms. The standard InChI is InChI=1S/C16H26N2/c1-3-6-14-7-9-15(10-8-14)16(17-2)13-18-11-4-5-12-18/h7-10,16-17H,3-6,11-13H2,1-2H3. The Balaban J connectivity index is 1.97. The van der Waals surface area contributed by atoms with Crippen LogP contribution in [0, 0.1) is 0 Å². The maximum atomic E-state index is 3.46. The summed E-state index contributed by atoms with van der Waals surface area (Å²) < 4.78 is 0. The third kappa shape index (κ3) is 3.56. The van der Waals surface area contributed by atoms with Gasteiger partial charge in [-0.05, 0) is 50.5 Å². The van der Waals surface area contributed by atoms with Gasteiger partial charge in [0.15, 0.2) is 0 Å². The minimum atomic E-state index is 0.471. The number of hydrogen-bond donors (Lipinski definition) is 1. The average Bonchev–Trinajstić information content (AvgIpc) is 2.90. The number of benzene rings is 1. The molecule has 1 saturated heterocycles. The Bertz CT molecular complexity index is 339. The molecule has 1 aromatic carbocycles. The second-order valence-electron chi connectivity index (χ2n) is 5.34. The maximum Gasteiger partial charge on any atom is 0.0446 e. The molecule has 0 radical (unpaired) electrons. The number of nitrogens with zero attached hydrogens (tertiary/aromatic N) is 1. The van der Waals surface area contributed by atoms with Crippen LogP contribution in [0.5, 0.6) is 0 Å². The van der Waals surface area contributed by atoms with Crippen LogP contribution in [0.3, 0.4) is 0 Å². The quantitative estimate of drug-likeness (QED) is 0.830. The van der Waals surface area contributed by atoms with E-state index in [2.05, 4.69) is 48.5 Å². The van der Waals surface area contributed by atoms with Gasteiger partial charge in [-0.2, -0.15) is 0 Å². The average molecular weight is 246 g/mol.